The maximum Gasteiger partial charge on any atom is 0.0707 e. The SMILES string of the molecule is Cc1cccc(C)c1-n1ncc(C(C)N)c1C. The highest BCUT2D eigenvalue weighted by Crippen LogP contribution is 2.23. The molecule has 0 amide bonds. The van der Waals surface area contributed by atoms with E-state index in [9.17, 15) is 0 Å². The highest BCUT2D eigenvalue weighted by molar-refractivity contribution is 5.48. The first-order chi connectivity index (χ1) is 8.02. The molecule has 0 aliphatic heterocycles. The van der Waals surface area contributed by atoms with Crippen LogP contribution in [0.5, 0.6) is 0 Å². The van der Waals surface area contributed by atoms with Crippen LogP contribution < -0.4 is 5.73 Å². The van der Waals surface area contributed by atoms with Crippen LogP contribution in [0.15, 0.2) is 24.4 Å². The van der Waals surface area contributed by atoms with Gasteiger partial charge in [0.05, 0.1) is 11.9 Å². The molecule has 1 aromatic heterocycles. The maximum absolute atomic E-state index is 5.93. The van der Waals surface area contributed by atoms with E-state index in [1.165, 1.54) is 11.1 Å². The molecule has 2 rings (SSSR count). The highest BCUT2D eigenvalue weighted by atomic mass is 15.3. The maximum atomic E-state index is 5.93. The molecule has 17 heavy (non-hydrogen) atoms. The predicted octanol–water partition coefficient (Wildman–Crippen LogP) is 2.82. The number of aromatic nitrogens is 2. The zero-order valence-corrected chi connectivity index (χ0v) is 10.9. The number of aryl methyl sites for hydroxylation is 2. The minimum absolute atomic E-state index is 0.0214. The first kappa shape index (κ1) is 11.9. The summed E-state index contributed by atoms with van der Waals surface area (Å²) in [7, 11) is 0. The van der Waals surface area contributed by atoms with Crippen LogP contribution in [0.4, 0.5) is 0 Å². The Bertz CT molecular complexity index is 518. The van der Waals surface area contributed by atoms with Gasteiger partial charge in [0.25, 0.3) is 0 Å². The van der Waals surface area contributed by atoms with E-state index >= 15 is 0 Å². The summed E-state index contributed by atoms with van der Waals surface area (Å²) in [5.74, 6) is 0. The second-order valence-corrected chi connectivity index (χ2v) is 4.63. The van der Waals surface area contributed by atoms with Crippen molar-refractivity contribution in [2.24, 2.45) is 5.73 Å². The van der Waals surface area contributed by atoms with Crippen LogP contribution in [0.1, 0.15) is 35.3 Å². The Balaban J connectivity index is 2.62. The summed E-state index contributed by atoms with van der Waals surface area (Å²) in [6.45, 7) is 8.26. The largest absolute Gasteiger partial charge is 0.324 e. The zero-order valence-electron chi connectivity index (χ0n) is 10.9. The molecule has 0 radical (unpaired) electrons. The second-order valence-electron chi connectivity index (χ2n) is 4.63. The Labute approximate surface area is 102 Å². The van der Waals surface area contributed by atoms with E-state index in [-0.39, 0.29) is 6.04 Å². The topological polar surface area (TPSA) is 43.8 Å². The molecular weight excluding hydrogens is 210 g/mol. The molecule has 2 aromatic rings. The molecular formula is C14H19N3. The van der Waals surface area contributed by atoms with Gasteiger partial charge in [-0.25, -0.2) is 4.68 Å². The molecule has 0 fully saturated rings. The van der Waals surface area contributed by atoms with E-state index in [1.807, 2.05) is 17.8 Å². The number of nitrogens with two attached hydrogens (primary N) is 1. The summed E-state index contributed by atoms with van der Waals surface area (Å²) in [5.41, 5.74) is 11.8. The average molecular weight is 229 g/mol. The summed E-state index contributed by atoms with van der Waals surface area (Å²) in [5, 5.41) is 4.47. The van der Waals surface area contributed by atoms with Crippen LogP contribution in [0.2, 0.25) is 0 Å². The van der Waals surface area contributed by atoms with Gasteiger partial charge in [-0.05, 0) is 38.8 Å². The molecule has 1 heterocycles. The van der Waals surface area contributed by atoms with Gasteiger partial charge >= 0.3 is 0 Å². The molecule has 0 aliphatic rings. The van der Waals surface area contributed by atoms with Crippen LogP contribution in [0.3, 0.4) is 0 Å². The summed E-state index contributed by atoms with van der Waals surface area (Å²) in [6.07, 6.45) is 1.87. The third-order valence-corrected chi connectivity index (χ3v) is 3.19. The van der Waals surface area contributed by atoms with Gasteiger partial charge in [-0.15, -0.1) is 0 Å². The Hall–Kier alpha value is -1.61. The van der Waals surface area contributed by atoms with E-state index in [4.69, 9.17) is 5.73 Å². The van der Waals surface area contributed by atoms with Crippen LogP contribution in [-0.4, -0.2) is 9.78 Å². The normalized spacial score (nSPS) is 12.8. The first-order valence-electron chi connectivity index (χ1n) is 5.89. The molecule has 1 unspecified atom stereocenters. The van der Waals surface area contributed by atoms with Crippen molar-refractivity contribution in [3.63, 3.8) is 0 Å². The fourth-order valence-corrected chi connectivity index (χ4v) is 2.23. The Morgan fingerprint density at radius 3 is 2.24 bits per heavy atom. The number of hydrogen-bond donors (Lipinski definition) is 1. The van der Waals surface area contributed by atoms with Crippen molar-refractivity contribution in [1.82, 2.24) is 9.78 Å². The van der Waals surface area contributed by atoms with Crippen molar-refractivity contribution in [1.29, 1.82) is 0 Å². The van der Waals surface area contributed by atoms with E-state index in [0.29, 0.717) is 0 Å². The van der Waals surface area contributed by atoms with Crippen molar-refractivity contribution in [2.45, 2.75) is 33.7 Å². The molecule has 0 aliphatic carbocycles. The molecule has 90 valence electrons. The molecule has 3 nitrogen and oxygen atoms in total. The van der Waals surface area contributed by atoms with Crippen molar-refractivity contribution >= 4 is 0 Å². The quantitative estimate of drug-likeness (QED) is 0.860. The van der Waals surface area contributed by atoms with Gasteiger partial charge in [-0.2, -0.15) is 5.10 Å². The molecule has 1 atom stereocenters. The van der Waals surface area contributed by atoms with Gasteiger partial charge in [0.2, 0.25) is 0 Å². The summed E-state index contributed by atoms with van der Waals surface area (Å²) in [4.78, 5) is 0. The molecule has 1 aromatic carbocycles. The Kier molecular flexibility index (Phi) is 3.03. The van der Waals surface area contributed by atoms with Crippen LogP contribution >= 0.6 is 0 Å². The van der Waals surface area contributed by atoms with Crippen molar-refractivity contribution in [2.75, 3.05) is 0 Å². The number of hydrogen-bond acceptors (Lipinski definition) is 2. The Morgan fingerprint density at radius 2 is 1.76 bits per heavy atom. The fraction of sp³-hybridized carbons (Fsp3) is 0.357. The standard InChI is InChI=1S/C14H19N3/c1-9-6-5-7-10(2)14(9)17-12(4)13(8-16-17)11(3)15/h5-8,11H,15H2,1-4H3. The molecule has 0 bridgehead atoms. The van der Waals surface area contributed by atoms with Gasteiger partial charge in [-0.1, -0.05) is 18.2 Å². The van der Waals surface area contributed by atoms with E-state index in [2.05, 4.69) is 44.1 Å². The van der Waals surface area contributed by atoms with E-state index in [0.717, 1.165) is 16.9 Å². The smallest absolute Gasteiger partial charge is 0.0707 e. The Morgan fingerprint density at radius 1 is 1.18 bits per heavy atom. The van der Waals surface area contributed by atoms with Crippen LogP contribution in [0.25, 0.3) is 5.69 Å². The third-order valence-electron chi connectivity index (χ3n) is 3.19. The molecule has 2 N–H and O–H groups in total. The molecule has 3 heteroatoms. The van der Waals surface area contributed by atoms with Crippen molar-refractivity contribution in [3.8, 4) is 5.69 Å². The van der Waals surface area contributed by atoms with Gasteiger partial charge in [0.1, 0.15) is 0 Å². The fourth-order valence-electron chi connectivity index (χ4n) is 2.23. The number of para-hydroxylation sites is 1. The van der Waals surface area contributed by atoms with Crippen LogP contribution in [0, 0.1) is 20.8 Å². The minimum atomic E-state index is 0.0214. The van der Waals surface area contributed by atoms with E-state index in [1.54, 1.807) is 0 Å². The van der Waals surface area contributed by atoms with Gasteiger partial charge in [0, 0.05) is 17.3 Å². The van der Waals surface area contributed by atoms with Gasteiger partial charge in [-0.3, -0.25) is 0 Å². The third kappa shape index (κ3) is 1.98. The molecule has 0 saturated carbocycles. The van der Waals surface area contributed by atoms with Gasteiger partial charge in [0.15, 0.2) is 0 Å². The number of benzene rings is 1. The number of rotatable bonds is 2. The monoisotopic (exact) mass is 229 g/mol. The van der Waals surface area contributed by atoms with Crippen molar-refractivity contribution in [3.05, 3.63) is 46.8 Å². The lowest BCUT2D eigenvalue weighted by Gasteiger charge is -2.12. The first-order valence-corrected chi connectivity index (χ1v) is 5.89. The van der Waals surface area contributed by atoms with E-state index < -0.39 is 0 Å². The molecule has 0 spiro atoms. The summed E-state index contributed by atoms with van der Waals surface area (Å²) in [6, 6.07) is 6.30. The minimum Gasteiger partial charge on any atom is -0.324 e. The van der Waals surface area contributed by atoms with Gasteiger partial charge < -0.3 is 5.73 Å². The number of nitrogens with zero attached hydrogens (tertiary/aromatic N) is 2. The highest BCUT2D eigenvalue weighted by Gasteiger charge is 2.13. The summed E-state index contributed by atoms with van der Waals surface area (Å²) >= 11 is 0. The average Bonchev–Trinajstić information content (AvgIpc) is 2.61. The molecule has 0 saturated heterocycles. The van der Waals surface area contributed by atoms with Crippen molar-refractivity contribution < 1.29 is 0 Å². The lowest BCUT2D eigenvalue weighted by atomic mass is 10.1. The zero-order chi connectivity index (χ0) is 12.6. The predicted molar refractivity (Wildman–Crippen MR) is 70.4 cm³/mol. The second kappa shape index (κ2) is 4.34. The lowest BCUT2D eigenvalue weighted by molar-refractivity contribution is 0.793. The summed E-state index contributed by atoms with van der Waals surface area (Å²) < 4.78 is 1.99. The lowest BCUT2D eigenvalue weighted by Crippen LogP contribution is -2.08. The van der Waals surface area contributed by atoms with Crippen LogP contribution in [-0.2, 0) is 0 Å².